The first-order chi connectivity index (χ1) is 19.1. The van der Waals surface area contributed by atoms with Crippen molar-refractivity contribution < 1.29 is 23.9 Å². The minimum atomic E-state index is -1.10. The van der Waals surface area contributed by atoms with E-state index >= 15 is 0 Å². The highest BCUT2D eigenvalue weighted by atomic mass is 35.5. The average Bonchev–Trinajstić information content (AvgIpc) is 3.68. The number of ketones is 1. The number of rotatable bonds is 13. The zero-order valence-corrected chi connectivity index (χ0v) is 24.5. The molecule has 9 nitrogen and oxygen atoms in total. The van der Waals surface area contributed by atoms with Crippen LogP contribution >= 0.6 is 23.5 Å². The monoisotopic (exact) mass is 586 g/mol. The fraction of sp³-hybridized carbons (Fsp3) is 0.379. The summed E-state index contributed by atoms with van der Waals surface area (Å²) in [6.45, 7) is 6.05. The molecule has 1 aliphatic rings. The van der Waals surface area contributed by atoms with Gasteiger partial charge in [0.1, 0.15) is 16.5 Å². The van der Waals surface area contributed by atoms with Crippen LogP contribution in [0.25, 0.3) is 0 Å². The van der Waals surface area contributed by atoms with Gasteiger partial charge in [0.15, 0.2) is 0 Å². The number of hydrogen-bond donors (Lipinski definition) is 4. The molecule has 2 aromatic carbocycles. The summed E-state index contributed by atoms with van der Waals surface area (Å²) in [5, 5.41) is 7.67. The maximum Gasteiger partial charge on any atom is 0.315 e. The van der Waals surface area contributed by atoms with Crippen LogP contribution in [-0.2, 0) is 27.5 Å². The van der Waals surface area contributed by atoms with E-state index in [2.05, 4.69) is 20.7 Å². The molecule has 1 fully saturated rings. The fourth-order valence-electron chi connectivity index (χ4n) is 4.46. The van der Waals surface area contributed by atoms with Crippen LogP contribution in [0.4, 0.5) is 4.79 Å². The Hall–Kier alpha value is -3.50. The summed E-state index contributed by atoms with van der Waals surface area (Å²) in [6, 6.07) is 14.1. The number of para-hydroxylation sites is 1. The van der Waals surface area contributed by atoms with Crippen molar-refractivity contribution in [3.8, 4) is 5.75 Å². The van der Waals surface area contributed by atoms with Gasteiger partial charge in [-0.15, -0.1) is 0 Å². The number of allylic oxidation sites excluding steroid dienone is 1. The third kappa shape index (κ3) is 7.79. The van der Waals surface area contributed by atoms with Gasteiger partial charge in [-0.05, 0) is 48.8 Å². The Morgan fingerprint density at radius 2 is 1.80 bits per heavy atom. The number of methoxy groups -OCH3 is 1. The summed E-state index contributed by atoms with van der Waals surface area (Å²) in [5.41, 5.74) is 0.450. The predicted molar refractivity (Wildman–Crippen MR) is 157 cm³/mol. The van der Waals surface area contributed by atoms with Gasteiger partial charge < -0.3 is 20.7 Å². The van der Waals surface area contributed by atoms with E-state index in [1.165, 1.54) is 13.2 Å². The molecule has 0 saturated heterocycles. The molecular weight excluding hydrogens is 552 g/mol. The summed E-state index contributed by atoms with van der Waals surface area (Å²) >= 11 is 6.96. The van der Waals surface area contributed by atoms with Crippen LogP contribution in [0.15, 0.2) is 60.7 Å². The molecule has 3 rings (SSSR count). The molecule has 2 aromatic rings. The van der Waals surface area contributed by atoms with Crippen LogP contribution in [0.2, 0.25) is 5.02 Å². The molecule has 0 bridgehead atoms. The van der Waals surface area contributed by atoms with Crippen LogP contribution < -0.4 is 25.4 Å². The highest BCUT2D eigenvalue weighted by Gasteiger charge is 2.62. The van der Waals surface area contributed by atoms with Gasteiger partial charge in [0.05, 0.1) is 12.1 Å². The molecule has 4 amide bonds. The summed E-state index contributed by atoms with van der Waals surface area (Å²) in [4.78, 5) is 51.7. The number of benzene rings is 2. The fourth-order valence-corrected chi connectivity index (χ4v) is 5.59. The van der Waals surface area contributed by atoms with Gasteiger partial charge in [0, 0.05) is 18.7 Å². The highest BCUT2D eigenvalue weighted by Crippen LogP contribution is 2.49. The van der Waals surface area contributed by atoms with E-state index in [-0.39, 0.29) is 18.4 Å². The first kappa shape index (κ1) is 31.0. The average molecular weight is 587 g/mol. The lowest BCUT2D eigenvalue weighted by Crippen LogP contribution is -2.53. The summed E-state index contributed by atoms with van der Waals surface area (Å²) < 4.78 is 8.00. The largest absolute Gasteiger partial charge is 0.495 e. The second kappa shape index (κ2) is 14.2. The normalized spacial score (nSPS) is 18.6. The number of amides is 4. The molecule has 11 heteroatoms. The highest BCUT2D eigenvalue weighted by molar-refractivity contribution is 7.99. The van der Waals surface area contributed by atoms with Gasteiger partial charge >= 0.3 is 6.03 Å². The van der Waals surface area contributed by atoms with Gasteiger partial charge in [0.2, 0.25) is 5.78 Å². The van der Waals surface area contributed by atoms with Crippen molar-refractivity contribution in [1.82, 2.24) is 20.7 Å². The quantitative estimate of drug-likeness (QED) is 0.159. The minimum Gasteiger partial charge on any atom is -0.495 e. The standard InChI is InChI=1S/C29H35ClN4O5S/c1-5-10-23(24(35)26(36)31-17-20-13-9-14-22(30)25(20)39-4)40-34-27(37)29(15-21(29)18(2)3)33-28(38)32-16-19-11-7-6-8-12-19/h5-14,18,21,23H,15-17H2,1-4H3,(H,31,36)(H,34,37)(H2,32,33,38)/b10-5+/t21?,23-,29?/m0/s1. The van der Waals surface area contributed by atoms with E-state index in [1.54, 1.807) is 31.2 Å². The third-order valence-electron chi connectivity index (χ3n) is 6.68. The zero-order valence-electron chi connectivity index (χ0n) is 23.0. The molecule has 0 aromatic heterocycles. The molecule has 40 heavy (non-hydrogen) atoms. The molecule has 0 radical (unpaired) electrons. The Labute approximate surface area is 244 Å². The molecule has 0 aliphatic heterocycles. The number of Topliss-reactive ketones (excluding diaryl/α,β-unsaturated/α-hetero) is 1. The molecular formula is C29H35ClN4O5S. The van der Waals surface area contributed by atoms with Crippen LogP contribution in [0.5, 0.6) is 5.75 Å². The number of carbonyl (C=O) groups excluding carboxylic acids is 4. The first-order valence-corrected chi connectivity index (χ1v) is 14.2. The van der Waals surface area contributed by atoms with Gasteiger partial charge in [-0.1, -0.05) is 80.1 Å². The Morgan fingerprint density at radius 1 is 1.07 bits per heavy atom. The lowest BCUT2D eigenvalue weighted by Gasteiger charge is -2.21. The van der Waals surface area contributed by atoms with Crippen molar-refractivity contribution >= 4 is 47.2 Å². The summed E-state index contributed by atoms with van der Waals surface area (Å²) in [6.07, 6.45) is 3.64. The SMILES string of the molecule is C/C=C/[C@H](SNC(=O)C1(NC(=O)NCc2ccccc2)CC1C(C)C)C(=O)C(=O)NCc1cccc(Cl)c1OC. The lowest BCUT2D eigenvalue weighted by atomic mass is 10.0. The number of ether oxygens (including phenoxy) is 1. The molecule has 2 unspecified atom stereocenters. The topological polar surface area (TPSA) is 126 Å². The molecule has 1 saturated carbocycles. The minimum absolute atomic E-state index is 0.0368. The van der Waals surface area contributed by atoms with Gasteiger partial charge in [0.25, 0.3) is 11.8 Å². The Kier molecular flexibility index (Phi) is 11.0. The first-order valence-electron chi connectivity index (χ1n) is 12.9. The summed E-state index contributed by atoms with van der Waals surface area (Å²) in [7, 11) is 1.47. The summed E-state index contributed by atoms with van der Waals surface area (Å²) in [5.74, 6) is -1.47. The lowest BCUT2D eigenvalue weighted by molar-refractivity contribution is -0.137. The second-order valence-electron chi connectivity index (χ2n) is 9.79. The molecule has 0 heterocycles. The molecule has 4 N–H and O–H groups in total. The van der Waals surface area contributed by atoms with E-state index in [9.17, 15) is 19.2 Å². The van der Waals surface area contributed by atoms with Crippen molar-refractivity contribution in [2.24, 2.45) is 11.8 Å². The maximum absolute atomic E-state index is 13.3. The number of halogens is 1. The Morgan fingerprint density at radius 3 is 2.42 bits per heavy atom. The van der Waals surface area contributed by atoms with Crippen molar-refractivity contribution in [3.05, 3.63) is 76.8 Å². The van der Waals surface area contributed by atoms with Crippen molar-refractivity contribution in [1.29, 1.82) is 0 Å². The van der Waals surface area contributed by atoms with Crippen molar-refractivity contribution in [2.45, 2.75) is 51.1 Å². The molecule has 3 atom stereocenters. The second-order valence-corrected chi connectivity index (χ2v) is 11.1. The van der Waals surface area contributed by atoms with E-state index in [0.717, 1.165) is 17.5 Å². The van der Waals surface area contributed by atoms with E-state index < -0.39 is 34.4 Å². The van der Waals surface area contributed by atoms with E-state index in [1.807, 2.05) is 44.2 Å². The van der Waals surface area contributed by atoms with Gasteiger partial charge in [-0.25, -0.2) is 4.79 Å². The third-order valence-corrected chi connectivity index (χ3v) is 7.90. The van der Waals surface area contributed by atoms with Crippen LogP contribution in [0.1, 0.15) is 38.3 Å². The van der Waals surface area contributed by atoms with Crippen molar-refractivity contribution in [3.63, 3.8) is 0 Å². The Bertz CT molecular complexity index is 1260. The van der Waals surface area contributed by atoms with Crippen LogP contribution in [0.3, 0.4) is 0 Å². The van der Waals surface area contributed by atoms with Gasteiger partial charge in [-0.2, -0.15) is 0 Å². The van der Waals surface area contributed by atoms with Crippen LogP contribution in [0, 0.1) is 11.8 Å². The number of nitrogens with one attached hydrogen (secondary N) is 4. The molecule has 0 spiro atoms. The smallest absolute Gasteiger partial charge is 0.315 e. The zero-order chi connectivity index (χ0) is 29.3. The van der Waals surface area contributed by atoms with Crippen LogP contribution in [-0.4, -0.2) is 41.5 Å². The van der Waals surface area contributed by atoms with E-state index in [4.69, 9.17) is 16.3 Å². The van der Waals surface area contributed by atoms with Gasteiger partial charge in [-0.3, -0.25) is 19.1 Å². The molecule has 1 aliphatic carbocycles. The maximum atomic E-state index is 13.3. The number of urea groups is 1. The number of carbonyl (C=O) groups is 4. The Balaban J connectivity index is 1.60. The van der Waals surface area contributed by atoms with E-state index in [0.29, 0.717) is 29.3 Å². The molecule has 214 valence electrons. The predicted octanol–water partition coefficient (Wildman–Crippen LogP) is 4.16. The number of hydrogen-bond acceptors (Lipinski definition) is 6. The van der Waals surface area contributed by atoms with Crippen molar-refractivity contribution in [2.75, 3.05) is 7.11 Å².